The Morgan fingerprint density at radius 1 is 1.27 bits per heavy atom. The second kappa shape index (κ2) is 4.89. The third-order valence-electron chi connectivity index (χ3n) is 2.82. The summed E-state index contributed by atoms with van der Waals surface area (Å²) in [6.45, 7) is 1.28. The van der Waals surface area contributed by atoms with E-state index < -0.39 is 11.8 Å². The lowest BCUT2D eigenvalue weighted by Gasteiger charge is -2.39. The molecule has 1 fully saturated rings. The number of rotatable bonds is 3. The molecule has 15 heavy (non-hydrogen) atoms. The molecule has 0 radical (unpaired) electrons. The summed E-state index contributed by atoms with van der Waals surface area (Å²) in [5, 5.41) is 9.37. The first kappa shape index (κ1) is 13.1. The van der Waals surface area contributed by atoms with Crippen LogP contribution in [-0.2, 0) is 0 Å². The van der Waals surface area contributed by atoms with Crippen LogP contribution in [0, 0.1) is 0 Å². The second-order valence-corrected chi connectivity index (χ2v) is 4.29. The van der Waals surface area contributed by atoms with Gasteiger partial charge in [0.25, 0.3) is 0 Å². The number of nitrogens with zero attached hydrogens (tertiary/aromatic N) is 1. The first-order valence-corrected chi connectivity index (χ1v) is 5.50. The summed E-state index contributed by atoms with van der Waals surface area (Å²) in [6.07, 6.45) is -4.21. The van der Waals surface area contributed by atoms with Crippen molar-refractivity contribution in [2.45, 2.75) is 31.0 Å². The zero-order valence-electron chi connectivity index (χ0n) is 8.36. The molecule has 6 heteroatoms. The molecule has 1 aliphatic heterocycles. The average molecular weight is 246 g/mol. The summed E-state index contributed by atoms with van der Waals surface area (Å²) < 4.78 is 37.2. The van der Waals surface area contributed by atoms with Gasteiger partial charge in [-0.15, -0.1) is 11.6 Å². The summed E-state index contributed by atoms with van der Waals surface area (Å²) in [5.74, 6) is 0.514. The summed E-state index contributed by atoms with van der Waals surface area (Å²) >= 11 is 5.49. The van der Waals surface area contributed by atoms with Crippen LogP contribution in [0.5, 0.6) is 0 Å². The van der Waals surface area contributed by atoms with Crippen LogP contribution in [0.1, 0.15) is 19.3 Å². The van der Waals surface area contributed by atoms with Crippen LogP contribution >= 0.6 is 11.6 Å². The van der Waals surface area contributed by atoms with E-state index in [1.807, 2.05) is 4.90 Å². The van der Waals surface area contributed by atoms with Crippen molar-refractivity contribution in [3.8, 4) is 0 Å². The number of piperidine rings is 1. The van der Waals surface area contributed by atoms with Gasteiger partial charge in [-0.2, -0.15) is 13.2 Å². The van der Waals surface area contributed by atoms with Crippen LogP contribution in [0.15, 0.2) is 0 Å². The molecule has 0 aliphatic carbocycles. The van der Waals surface area contributed by atoms with E-state index in [4.69, 9.17) is 11.6 Å². The minimum absolute atomic E-state index is 0.237. The van der Waals surface area contributed by atoms with Crippen molar-refractivity contribution in [3.05, 3.63) is 0 Å². The van der Waals surface area contributed by atoms with Gasteiger partial charge in [-0.25, -0.2) is 0 Å². The molecule has 1 rings (SSSR count). The Balaban J connectivity index is 2.41. The Bertz CT molecular complexity index is 202. The molecule has 0 spiro atoms. The van der Waals surface area contributed by atoms with Crippen LogP contribution in [0.3, 0.4) is 0 Å². The molecule has 0 aromatic heterocycles. The van der Waals surface area contributed by atoms with E-state index in [0.717, 1.165) is 6.42 Å². The number of alkyl halides is 4. The Hall–Kier alpha value is 0. The van der Waals surface area contributed by atoms with Gasteiger partial charge in [0.1, 0.15) is 0 Å². The Morgan fingerprint density at radius 2 is 1.80 bits per heavy atom. The van der Waals surface area contributed by atoms with Crippen LogP contribution in [0.4, 0.5) is 13.2 Å². The fourth-order valence-corrected chi connectivity index (χ4v) is 1.83. The Kier molecular flexibility index (Phi) is 4.26. The van der Waals surface area contributed by atoms with Crippen molar-refractivity contribution in [1.29, 1.82) is 0 Å². The van der Waals surface area contributed by atoms with Crippen LogP contribution in [0.2, 0.25) is 0 Å². The molecular formula is C9H15ClF3NO. The van der Waals surface area contributed by atoms with Gasteiger partial charge >= 0.3 is 6.18 Å². The van der Waals surface area contributed by atoms with Crippen molar-refractivity contribution in [1.82, 2.24) is 4.90 Å². The zero-order valence-corrected chi connectivity index (χ0v) is 9.11. The SMILES string of the molecule is OC1(C(F)(F)F)CCN(CCCCl)CC1. The van der Waals surface area contributed by atoms with Gasteiger partial charge < -0.3 is 10.0 Å². The van der Waals surface area contributed by atoms with Crippen molar-refractivity contribution in [2.75, 3.05) is 25.5 Å². The fourth-order valence-electron chi connectivity index (χ4n) is 1.71. The first-order chi connectivity index (χ1) is 6.89. The number of hydrogen-bond acceptors (Lipinski definition) is 2. The number of aliphatic hydroxyl groups is 1. The molecule has 1 heterocycles. The maximum Gasteiger partial charge on any atom is 0.417 e. The minimum atomic E-state index is -4.51. The van der Waals surface area contributed by atoms with Gasteiger partial charge in [0, 0.05) is 19.0 Å². The molecule has 2 nitrogen and oxygen atoms in total. The standard InChI is InChI=1S/C9H15ClF3NO/c10-4-1-5-14-6-2-8(15,3-7-14)9(11,12)13/h15H,1-7H2. The van der Waals surface area contributed by atoms with Gasteiger partial charge in [-0.1, -0.05) is 0 Å². The molecule has 0 atom stereocenters. The van der Waals surface area contributed by atoms with E-state index in [0.29, 0.717) is 12.4 Å². The van der Waals surface area contributed by atoms with E-state index in [9.17, 15) is 18.3 Å². The highest BCUT2D eigenvalue weighted by molar-refractivity contribution is 6.17. The quantitative estimate of drug-likeness (QED) is 0.769. The molecule has 0 saturated carbocycles. The smallest absolute Gasteiger partial charge is 0.380 e. The van der Waals surface area contributed by atoms with E-state index in [-0.39, 0.29) is 25.9 Å². The summed E-state index contributed by atoms with van der Waals surface area (Å²) in [7, 11) is 0. The highest BCUT2D eigenvalue weighted by Gasteiger charge is 2.54. The third kappa shape index (κ3) is 3.23. The van der Waals surface area contributed by atoms with Gasteiger partial charge in [0.15, 0.2) is 5.60 Å². The third-order valence-corrected chi connectivity index (χ3v) is 3.09. The average Bonchev–Trinajstić information content (AvgIpc) is 2.15. The van der Waals surface area contributed by atoms with Crippen LogP contribution < -0.4 is 0 Å². The number of halogens is 4. The summed E-state index contributed by atoms with van der Waals surface area (Å²) in [5.41, 5.74) is -2.48. The first-order valence-electron chi connectivity index (χ1n) is 4.96. The van der Waals surface area contributed by atoms with Crippen molar-refractivity contribution in [3.63, 3.8) is 0 Å². The molecule has 1 aliphatic rings. The van der Waals surface area contributed by atoms with E-state index in [2.05, 4.69) is 0 Å². The molecule has 0 unspecified atom stereocenters. The topological polar surface area (TPSA) is 23.5 Å². The van der Waals surface area contributed by atoms with Gasteiger partial charge in [0.05, 0.1) is 0 Å². The minimum Gasteiger partial charge on any atom is -0.380 e. The number of hydrogen-bond donors (Lipinski definition) is 1. The molecule has 1 N–H and O–H groups in total. The molecular weight excluding hydrogens is 231 g/mol. The predicted octanol–water partition coefficient (Wildman–Crippen LogP) is 2.00. The predicted molar refractivity (Wildman–Crippen MR) is 52.0 cm³/mol. The van der Waals surface area contributed by atoms with Crippen molar-refractivity contribution >= 4 is 11.6 Å². The maximum atomic E-state index is 12.4. The molecule has 0 amide bonds. The fraction of sp³-hybridized carbons (Fsp3) is 1.00. The highest BCUT2D eigenvalue weighted by atomic mass is 35.5. The monoisotopic (exact) mass is 245 g/mol. The molecule has 0 aromatic rings. The lowest BCUT2D eigenvalue weighted by atomic mass is 9.91. The van der Waals surface area contributed by atoms with Gasteiger partial charge in [-0.05, 0) is 25.8 Å². The van der Waals surface area contributed by atoms with E-state index >= 15 is 0 Å². The summed E-state index contributed by atoms with van der Waals surface area (Å²) in [4.78, 5) is 1.91. The van der Waals surface area contributed by atoms with Gasteiger partial charge in [-0.3, -0.25) is 0 Å². The molecule has 0 aromatic carbocycles. The molecule has 90 valence electrons. The highest BCUT2D eigenvalue weighted by Crippen LogP contribution is 2.38. The lowest BCUT2D eigenvalue weighted by Crippen LogP contribution is -2.53. The lowest BCUT2D eigenvalue weighted by molar-refractivity contribution is -0.272. The zero-order chi connectivity index (χ0) is 11.5. The molecule has 1 saturated heterocycles. The maximum absolute atomic E-state index is 12.4. The second-order valence-electron chi connectivity index (χ2n) is 3.91. The van der Waals surface area contributed by atoms with Crippen LogP contribution in [-0.4, -0.2) is 47.3 Å². The van der Waals surface area contributed by atoms with Crippen molar-refractivity contribution < 1.29 is 18.3 Å². The van der Waals surface area contributed by atoms with Crippen molar-refractivity contribution in [2.24, 2.45) is 0 Å². The van der Waals surface area contributed by atoms with E-state index in [1.54, 1.807) is 0 Å². The Morgan fingerprint density at radius 3 is 2.20 bits per heavy atom. The largest absolute Gasteiger partial charge is 0.417 e. The Labute approximate surface area is 92.0 Å². The van der Waals surface area contributed by atoms with E-state index in [1.165, 1.54) is 0 Å². The summed E-state index contributed by atoms with van der Waals surface area (Å²) in [6, 6.07) is 0. The number of likely N-dealkylation sites (tertiary alicyclic amines) is 1. The van der Waals surface area contributed by atoms with Crippen LogP contribution in [0.25, 0.3) is 0 Å². The molecule has 0 bridgehead atoms. The normalized spacial score (nSPS) is 23.0. The van der Waals surface area contributed by atoms with Gasteiger partial charge in [0.2, 0.25) is 0 Å².